The maximum absolute atomic E-state index is 14.3. The lowest BCUT2D eigenvalue weighted by atomic mass is 9.78. The van der Waals surface area contributed by atoms with E-state index in [-0.39, 0.29) is 67.3 Å². The van der Waals surface area contributed by atoms with E-state index in [1.165, 1.54) is 7.11 Å². The number of carbonyl (C=O) groups excluding carboxylic acids is 4. The lowest BCUT2D eigenvalue weighted by molar-refractivity contribution is -0.282. The highest BCUT2D eigenvalue weighted by Crippen LogP contribution is 2.36. The van der Waals surface area contributed by atoms with E-state index in [0.717, 1.165) is 16.9 Å². The van der Waals surface area contributed by atoms with Crippen molar-refractivity contribution in [3.63, 3.8) is 0 Å². The zero-order chi connectivity index (χ0) is 47.3. The predicted octanol–water partition coefficient (Wildman–Crippen LogP) is 5.73. The maximum atomic E-state index is 14.3. The van der Waals surface area contributed by atoms with Gasteiger partial charge in [0.05, 0.1) is 24.4 Å². The first kappa shape index (κ1) is 53.5. The normalized spacial score (nSPS) is 39.5. The van der Waals surface area contributed by atoms with E-state index in [1.54, 1.807) is 21.1 Å². The lowest BCUT2D eigenvalue weighted by Crippen LogP contribution is -2.63. The van der Waals surface area contributed by atoms with Crippen molar-refractivity contribution in [1.82, 2.24) is 4.90 Å². The summed E-state index contributed by atoms with van der Waals surface area (Å²) in [4.78, 5) is 57.3. The Morgan fingerprint density at radius 2 is 1.55 bits per heavy atom. The molecule has 1 amide bonds. The fourth-order valence-electron chi connectivity index (χ4n) is 10.1. The molecule has 14 heteroatoms. The number of Topliss-reactive ketones (excluding diaryl/α,β-unsaturated/α-hetero) is 2. The van der Waals surface area contributed by atoms with Crippen LogP contribution in [0, 0.1) is 29.6 Å². The SMILES string of the molecule is CO[C@H]1C[C@@H]2CC[C@@H](O)[C@@](O)(O2)C(=O)C(=O)N2CCCC[C@H]2C(=O)O[C@H]([C@H](C)C[C@@H]2CC[C@@H](O)[C@H](OC)C2)CC[C@H](C)/C=C(\C)[C@@H](O)[C@@H](OC)C(=O)[C@H](C)C[C@H](C)/C=C/C=CC=C1C. The minimum absolute atomic E-state index is 0.000815. The van der Waals surface area contributed by atoms with Crippen LogP contribution in [-0.4, -0.2) is 137 Å². The van der Waals surface area contributed by atoms with Gasteiger partial charge in [-0.05, 0) is 126 Å². The summed E-state index contributed by atoms with van der Waals surface area (Å²) >= 11 is 0. The lowest BCUT2D eigenvalue weighted by Gasteiger charge is -2.42. The third-order valence-corrected chi connectivity index (χ3v) is 14.1. The van der Waals surface area contributed by atoms with Crippen molar-refractivity contribution < 1.29 is 63.3 Å². The molecule has 0 aromatic carbocycles. The molecule has 3 aliphatic heterocycles. The molecule has 2 bridgehead atoms. The highest BCUT2D eigenvalue weighted by Gasteiger charge is 2.54. The minimum Gasteiger partial charge on any atom is -0.461 e. The van der Waals surface area contributed by atoms with Crippen LogP contribution in [0.2, 0.25) is 0 Å². The molecule has 3 fully saturated rings. The summed E-state index contributed by atoms with van der Waals surface area (Å²) in [6, 6.07) is -1.10. The molecule has 0 unspecified atom stereocenters. The van der Waals surface area contributed by atoms with E-state index < -0.39 is 72.2 Å². The topological polar surface area (TPSA) is 199 Å². The summed E-state index contributed by atoms with van der Waals surface area (Å²) in [5.41, 5.74) is 1.43. The van der Waals surface area contributed by atoms with Crippen LogP contribution in [0.25, 0.3) is 0 Å². The average molecular weight is 902 g/mol. The van der Waals surface area contributed by atoms with E-state index in [0.29, 0.717) is 63.4 Å². The number of ether oxygens (including phenoxy) is 5. The second-order valence-electron chi connectivity index (χ2n) is 19.3. The second-order valence-corrected chi connectivity index (χ2v) is 19.3. The predicted molar refractivity (Wildman–Crippen MR) is 242 cm³/mol. The fourth-order valence-corrected chi connectivity index (χ4v) is 10.1. The highest BCUT2D eigenvalue weighted by atomic mass is 16.7. The van der Waals surface area contributed by atoms with Gasteiger partial charge in [0.2, 0.25) is 0 Å². The van der Waals surface area contributed by atoms with Crippen LogP contribution in [0.1, 0.15) is 125 Å². The Bertz CT molecular complexity index is 1680. The van der Waals surface area contributed by atoms with E-state index >= 15 is 0 Å². The van der Waals surface area contributed by atoms with Crippen molar-refractivity contribution in [2.45, 2.75) is 186 Å². The van der Waals surface area contributed by atoms with Crippen LogP contribution in [0.15, 0.2) is 47.6 Å². The molecule has 362 valence electrons. The van der Waals surface area contributed by atoms with Gasteiger partial charge in [-0.3, -0.25) is 14.4 Å². The Labute approximate surface area is 381 Å². The van der Waals surface area contributed by atoms with Crippen LogP contribution in [0.4, 0.5) is 0 Å². The number of rotatable bonds is 6. The van der Waals surface area contributed by atoms with Gasteiger partial charge in [0.25, 0.3) is 17.5 Å². The van der Waals surface area contributed by atoms with Crippen LogP contribution in [0.5, 0.6) is 0 Å². The van der Waals surface area contributed by atoms with E-state index in [1.807, 2.05) is 71.1 Å². The summed E-state index contributed by atoms with van der Waals surface area (Å²) in [5, 5.41) is 44.6. The third-order valence-electron chi connectivity index (χ3n) is 14.1. The number of aliphatic hydroxyl groups is 4. The molecular weight excluding hydrogens is 823 g/mol. The summed E-state index contributed by atoms with van der Waals surface area (Å²) < 4.78 is 29.3. The first-order valence-corrected chi connectivity index (χ1v) is 23.7. The van der Waals surface area contributed by atoms with Gasteiger partial charge in [-0.25, -0.2) is 4.79 Å². The van der Waals surface area contributed by atoms with Crippen molar-refractivity contribution >= 4 is 23.4 Å². The van der Waals surface area contributed by atoms with Crippen LogP contribution < -0.4 is 0 Å². The summed E-state index contributed by atoms with van der Waals surface area (Å²) in [6.07, 6.45) is 11.2. The van der Waals surface area contributed by atoms with Gasteiger partial charge < -0.3 is 49.0 Å². The average Bonchev–Trinajstić information content (AvgIpc) is 3.27. The van der Waals surface area contributed by atoms with Gasteiger partial charge in [0, 0.05) is 40.2 Å². The Kier molecular flexibility index (Phi) is 21.0. The number of nitrogens with zero attached hydrogens (tertiary/aromatic N) is 1. The van der Waals surface area contributed by atoms with Gasteiger partial charge in [0.15, 0.2) is 5.78 Å². The van der Waals surface area contributed by atoms with Crippen LogP contribution in [-0.2, 0) is 42.9 Å². The van der Waals surface area contributed by atoms with Crippen molar-refractivity contribution in [1.29, 1.82) is 0 Å². The number of hydrogen-bond acceptors (Lipinski definition) is 13. The number of carbonyl (C=O) groups is 4. The smallest absolute Gasteiger partial charge is 0.329 e. The van der Waals surface area contributed by atoms with E-state index in [4.69, 9.17) is 23.7 Å². The molecule has 0 aromatic rings. The van der Waals surface area contributed by atoms with Gasteiger partial charge in [-0.15, -0.1) is 0 Å². The number of ketones is 2. The van der Waals surface area contributed by atoms with Crippen LogP contribution >= 0.6 is 0 Å². The quantitative estimate of drug-likeness (QED) is 0.144. The van der Waals surface area contributed by atoms with Crippen molar-refractivity contribution in [3.8, 4) is 0 Å². The molecule has 4 rings (SSSR count). The van der Waals surface area contributed by atoms with Gasteiger partial charge in [0.1, 0.15) is 30.5 Å². The zero-order valence-electron chi connectivity index (χ0n) is 39.9. The number of piperidine rings is 1. The van der Waals surface area contributed by atoms with Crippen molar-refractivity contribution in [3.05, 3.63) is 47.6 Å². The maximum Gasteiger partial charge on any atom is 0.329 e. The number of cyclic esters (lactones) is 1. The molecule has 0 radical (unpaired) electrons. The number of allylic oxidation sites excluding steroid dienone is 6. The Morgan fingerprint density at radius 1 is 0.812 bits per heavy atom. The second kappa shape index (κ2) is 25.2. The number of hydrogen-bond donors (Lipinski definition) is 4. The minimum atomic E-state index is -2.82. The first-order chi connectivity index (χ1) is 30.3. The molecule has 0 aromatic heterocycles. The number of amides is 1. The molecule has 4 aliphatic rings. The van der Waals surface area contributed by atoms with Gasteiger partial charge >= 0.3 is 5.97 Å². The molecule has 2 saturated heterocycles. The number of esters is 1. The zero-order valence-corrected chi connectivity index (χ0v) is 39.9. The van der Waals surface area contributed by atoms with Gasteiger partial charge in [-0.1, -0.05) is 64.2 Å². The molecule has 14 nitrogen and oxygen atoms in total. The Hall–Kier alpha value is -3.08. The fraction of sp³-hybridized carbons (Fsp3) is 0.760. The molecule has 1 aliphatic carbocycles. The number of aliphatic hydroxyl groups excluding tert-OH is 3. The van der Waals surface area contributed by atoms with Crippen molar-refractivity contribution in [2.75, 3.05) is 27.9 Å². The van der Waals surface area contributed by atoms with E-state index in [2.05, 4.69) is 0 Å². The molecule has 3 heterocycles. The highest BCUT2D eigenvalue weighted by molar-refractivity contribution is 6.39. The van der Waals surface area contributed by atoms with Gasteiger partial charge in [-0.2, -0.15) is 0 Å². The monoisotopic (exact) mass is 902 g/mol. The molecule has 4 N–H and O–H groups in total. The standard InChI is InChI=1S/C50H79NO13/c1-30-15-11-10-12-16-32(3)41(60-7)29-37-20-23-43(53)50(59,64-37)47(56)48(57)51-24-14-13-17-38(51)49(58)63-40(33(4)27-36-19-21-39(52)42(28-36)61-8)22-18-31(2)26-35(6)45(55)46(62-9)44(54)34(5)25-30/h10-12,15-16,26,30-31,33-34,36-43,45-46,52-53,55,59H,13-14,17-25,27-29H2,1-9H3/b12-10?,15-11+,32-16?,35-26+/t30-,31+,33-,34-,36+,37+,38+,39-,40+,41+,42-,43-,45-,46+,50-/m1/s1. The molecule has 0 spiro atoms. The number of fused-ring (bicyclic) bond motifs is 3. The Balaban J connectivity index is 1.67. The molecule has 64 heavy (non-hydrogen) atoms. The molecule has 15 atom stereocenters. The number of methoxy groups -OCH3 is 3. The van der Waals surface area contributed by atoms with Crippen molar-refractivity contribution in [2.24, 2.45) is 29.6 Å². The first-order valence-electron chi connectivity index (χ1n) is 23.7. The summed E-state index contributed by atoms with van der Waals surface area (Å²) in [7, 11) is 4.57. The van der Waals surface area contributed by atoms with E-state index in [9.17, 15) is 39.6 Å². The summed E-state index contributed by atoms with van der Waals surface area (Å²) in [5.74, 6) is -6.47. The summed E-state index contributed by atoms with van der Waals surface area (Å²) in [6.45, 7) is 11.6. The van der Waals surface area contributed by atoms with Crippen LogP contribution in [0.3, 0.4) is 0 Å². The largest absolute Gasteiger partial charge is 0.461 e. The molecule has 1 saturated carbocycles. The Morgan fingerprint density at radius 3 is 2.23 bits per heavy atom. The third kappa shape index (κ3) is 14.2. The molecular formula is C50H79NO13.